The molecule has 0 spiro atoms. The van der Waals surface area contributed by atoms with Gasteiger partial charge in [-0.25, -0.2) is 0 Å². The van der Waals surface area contributed by atoms with Crippen LogP contribution in [0.5, 0.6) is 5.75 Å². The highest BCUT2D eigenvalue weighted by molar-refractivity contribution is 6.44. The predicted octanol–water partition coefficient (Wildman–Crippen LogP) is 1.82. The second-order valence-corrected chi connectivity index (χ2v) is 4.83. The molecule has 1 heterocycles. The molecule has 1 aliphatic carbocycles. The third-order valence-corrected chi connectivity index (χ3v) is 3.39. The number of benzene rings is 1. The van der Waals surface area contributed by atoms with E-state index in [-0.39, 0.29) is 30.0 Å². The topological polar surface area (TPSA) is 73.6 Å². The molecule has 22 heavy (non-hydrogen) atoms. The molecular formula is C17H12O5. The second-order valence-electron chi connectivity index (χ2n) is 4.83. The molecule has 0 fully saturated rings. The molecule has 3 rings (SSSR count). The lowest BCUT2D eigenvalue weighted by atomic mass is 9.93. The number of hydrogen-bond donors (Lipinski definition) is 0. The highest BCUT2D eigenvalue weighted by Gasteiger charge is 2.29. The van der Waals surface area contributed by atoms with Gasteiger partial charge in [-0.15, -0.1) is 0 Å². The number of ketones is 2. The Morgan fingerprint density at radius 3 is 2.77 bits per heavy atom. The van der Waals surface area contributed by atoms with Gasteiger partial charge in [0, 0.05) is 6.42 Å². The number of fused-ring (bicyclic) bond motifs is 1. The molecule has 2 aromatic rings. The summed E-state index contributed by atoms with van der Waals surface area (Å²) >= 11 is 0. The smallest absolute Gasteiger partial charge is 0.271 e. The van der Waals surface area contributed by atoms with Gasteiger partial charge in [-0.2, -0.15) is 0 Å². The monoisotopic (exact) mass is 296 g/mol. The van der Waals surface area contributed by atoms with Crippen molar-refractivity contribution in [3.63, 3.8) is 0 Å². The van der Waals surface area contributed by atoms with E-state index in [1.54, 1.807) is 31.2 Å². The van der Waals surface area contributed by atoms with Crippen LogP contribution in [0.1, 0.15) is 25.0 Å². The van der Waals surface area contributed by atoms with Gasteiger partial charge in [-0.1, -0.05) is 18.1 Å². The van der Waals surface area contributed by atoms with E-state index in [4.69, 9.17) is 9.15 Å². The SMILES string of the molecule is CCOc1c(C2C#CC(=O)C(=O)C2)oc2ccccc2c1=O. The minimum Gasteiger partial charge on any atom is -0.487 e. The fourth-order valence-electron chi connectivity index (χ4n) is 2.36. The minimum atomic E-state index is -0.711. The van der Waals surface area contributed by atoms with Crippen LogP contribution in [-0.4, -0.2) is 18.2 Å². The molecule has 1 atom stereocenters. The average Bonchev–Trinajstić information content (AvgIpc) is 2.53. The standard InChI is InChI=1S/C17H12O5/c1-2-21-17-15(20)11-5-3-4-6-14(11)22-16(17)10-7-8-12(18)13(19)9-10/h3-6,10H,2,9H2,1H3. The zero-order valence-electron chi connectivity index (χ0n) is 11.8. The Bertz CT molecular complexity index is 895. The summed E-state index contributed by atoms with van der Waals surface area (Å²) in [6, 6.07) is 6.79. The van der Waals surface area contributed by atoms with Crippen molar-refractivity contribution in [2.75, 3.05) is 6.61 Å². The largest absolute Gasteiger partial charge is 0.487 e. The maximum absolute atomic E-state index is 12.5. The van der Waals surface area contributed by atoms with Crippen molar-refractivity contribution in [2.45, 2.75) is 19.3 Å². The summed E-state index contributed by atoms with van der Waals surface area (Å²) in [7, 11) is 0. The van der Waals surface area contributed by atoms with Gasteiger partial charge in [-0.05, 0) is 25.0 Å². The lowest BCUT2D eigenvalue weighted by Crippen LogP contribution is -2.21. The Morgan fingerprint density at radius 1 is 1.27 bits per heavy atom. The van der Waals surface area contributed by atoms with Crippen LogP contribution in [0, 0.1) is 11.8 Å². The Labute approximate surface area is 125 Å². The van der Waals surface area contributed by atoms with Crippen molar-refractivity contribution in [1.29, 1.82) is 0 Å². The maximum atomic E-state index is 12.5. The molecule has 1 unspecified atom stereocenters. The third kappa shape index (κ3) is 2.29. The van der Waals surface area contributed by atoms with E-state index in [0.717, 1.165) is 0 Å². The van der Waals surface area contributed by atoms with Gasteiger partial charge in [0.05, 0.1) is 17.9 Å². The normalized spacial score (nSPS) is 17.2. The first-order valence-corrected chi connectivity index (χ1v) is 6.89. The van der Waals surface area contributed by atoms with Crippen molar-refractivity contribution in [3.8, 4) is 17.6 Å². The van der Waals surface area contributed by atoms with Crippen LogP contribution in [0.3, 0.4) is 0 Å². The number of carbonyl (C=O) groups excluding carboxylic acids is 2. The zero-order valence-corrected chi connectivity index (χ0v) is 11.8. The van der Waals surface area contributed by atoms with Crippen LogP contribution in [0.25, 0.3) is 11.0 Å². The van der Waals surface area contributed by atoms with Crippen molar-refractivity contribution < 1.29 is 18.7 Å². The molecule has 110 valence electrons. The molecule has 0 saturated carbocycles. The Balaban J connectivity index is 2.24. The first-order valence-electron chi connectivity index (χ1n) is 6.89. The van der Waals surface area contributed by atoms with Gasteiger partial charge in [0.15, 0.2) is 5.76 Å². The fourth-order valence-corrected chi connectivity index (χ4v) is 2.36. The van der Waals surface area contributed by atoms with Crippen molar-refractivity contribution in [3.05, 3.63) is 40.2 Å². The quantitative estimate of drug-likeness (QED) is 0.491. The van der Waals surface area contributed by atoms with Crippen LogP contribution >= 0.6 is 0 Å². The molecule has 5 heteroatoms. The number of Topliss-reactive ketones (excluding diaryl/α,β-unsaturated/α-hetero) is 2. The summed E-state index contributed by atoms with van der Waals surface area (Å²) in [5, 5.41) is 0.404. The van der Waals surface area contributed by atoms with Gasteiger partial charge >= 0.3 is 0 Å². The van der Waals surface area contributed by atoms with Gasteiger partial charge in [0.1, 0.15) is 5.58 Å². The molecule has 1 aliphatic rings. The Hall–Kier alpha value is -2.87. The molecule has 0 amide bonds. The zero-order chi connectivity index (χ0) is 15.7. The summed E-state index contributed by atoms with van der Waals surface area (Å²) in [5.41, 5.74) is 0.0990. The fraction of sp³-hybridized carbons (Fsp3) is 0.235. The van der Waals surface area contributed by atoms with Crippen LogP contribution in [0.15, 0.2) is 33.5 Å². The van der Waals surface area contributed by atoms with E-state index in [1.807, 2.05) is 0 Å². The van der Waals surface area contributed by atoms with Crippen molar-refractivity contribution >= 4 is 22.5 Å². The van der Waals surface area contributed by atoms with Crippen LogP contribution in [0.2, 0.25) is 0 Å². The molecule has 0 N–H and O–H groups in total. The molecular weight excluding hydrogens is 284 g/mol. The summed E-state index contributed by atoms with van der Waals surface area (Å²) < 4.78 is 11.2. The van der Waals surface area contributed by atoms with Crippen LogP contribution in [0.4, 0.5) is 0 Å². The Kier molecular flexibility index (Phi) is 3.51. The highest BCUT2D eigenvalue weighted by atomic mass is 16.5. The summed E-state index contributed by atoms with van der Waals surface area (Å²) in [6.45, 7) is 2.03. The lowest BCUT2D eigenvalue weighted by molar-refractivity contribution is -0.133. The van der Waals surface area contributed by atoms with E-state index in [0.29, 0.717) is 11.0 Å². The number of rotatable bonds is 3. The molecule has 1 aromatic heterocycles. The van der Waals surface area contributed by atoms with Gasteiger partial charge in [0.2, 0.25) is 17.0 Å². The minimum absolute atomic E-state index is 0.0580. The van der Waals surface area contributed by atoms with Crippen molar-refractivity contribution in [2.24, 2.45) is 0 Å². The number of carbonyl (C=O) groups is 2. The number of ether oxygens (including phenoxy) is 1. The van der Waals surface area contributed by atoms with Crippen LogP contribution in [-0.2, 0) is 9.59 Å². The van der Waals surface area contributed by atoms with E-state index >= 15 is 0 Å². The molecule has 0 aliphatic heterocycles. The van der Waals surface area contributed by atoms with E-state index in [9.17, 15) is 14.4 Å². The maximum Gasteiger partial charge on any atom is 0.271 e. The first-order chi connectivity index (χ1) is 10.6. The van der Waals surface area contributed by atoms with E-state index in [2.05, 4.69) is 11.8 Å². The second kappa shape index (κ2) is 5.49. The van der Waals surface area contributed by atoms with Crippen LogP contribution < -0.4 is 10.2 Å². The van der Waals surface area contributed by atoms with Gasteiger partial charge < -0.3 is 9.15 Å². The Morgan fingerprint density at radius 2 is 2.05 bits per heavy atom. The lowest BCUT2D eigenvalue weighted by Gasteiger charge is -2.15. The van der Waals surface area contributed by atoms with Gasteiger partial charge in [-0.3, -0.25) is 14.4 Å². The average molecular weight is 296 g/mol. The summed E-state index contributed by atoms with van der Waals surface area (Å²) in [5.74, 6) is 3.26. The van der Waals surface area contributed by atoms with Gasteiger partial charge in [0.25, 0.3) is 5.78 Å². The predicted molar refractivity (Wildman–Crippen MR) is 78.8 cm³/mol. The molecule has 0 radical (unpaired) electrons. The van der Waals surface area contributed by atoms with E-state index in [1.165, 1.54) is 0 Å². The first kappa shape index (κ1) is 14.1. The number of para-hydroxylation sites is 1. The third-order valence-electron chi connectivity index (χ3n) is 3.39. The highest BCUT2D eigenvalue weighted by Crippen LogP contribution is 2.31. The van der Waals surface area contributed by atoms with Crippen molar-refractivity contribution in [1.82, 2.24) is 0 Å². The van der Waals surface area contributed by atoms with E-state index < -0.39 is 17.5 Å². The molecule has 5 nitrogen and oxygen atoms in total. The molecule has 0 bridgehead atoms. The summed E-state index contributed by atoms with van der Waals surface area (Å²) in [6.07, 6.45) is -0.104. The number of hydrogen-bond acceptors (Lipinski definition) is 5. The molecule has 0 saturated heterocycles. The molecule has 1 aromatic carbocycles. The summed E-state index contributed by atoms with van der Waals surface area (Å²) in [4.78, 5) is 35.3.